The van der Waals surface area contributed by atoms with Crippen LogP contribution in [0.4, 0.5) is 5.13 Å². The average Bonchev–Trinajstić information content (AvgIpc) is 3.29. The molecule has 0 fully saturated rings. The first kappa shape index (κ1) is 22.2. The normalized spacial score (nSPS) is 15.6. The maximum absolute atomic E-state index is 12.5. The smallest absolute Gasteiger partial charge is 0.311 e. The number of amides is 1. The molecule has 0 radical (unpaired) electrons. The average molecular weight is 477 g/mol. The maximum Gasteiger partial charge on any atom is 0.311 e. The van der Waals surface area contributed by atoms with E-state index in [-0.39, 0.29) is 24.1 Å². The second-order valence-corrected chi connectivity index (χ2v) is 10.5. The molecule has 3 heterocycles. The molecule has 3 aromatic heterocycles. The Balaban J connectivity index is 1.43. The number of ether oxygens (including phenoxy) is 1. The first-order valence-corrected chi connectivity index (χ1v) is 12.9. The van der Waals surface area contributed by atoms with Gasteiger partial charge in [-0.05, 0) is 44.6 Å². The van der Waals surface area contributed by atoms with Gasteiger partial charge in [0.2, 0.25) is 5.91 Å². The van der Waals surface area contributed by atoms with Crippen molar-refractivity contribution in [2.24, 2.45) is 5.92 Å². The summed E-state index contributed by atoms with van der Waals surface area (Å²) >= 11 is 4.51. The van der Waals surface area contributed by atoms with Gasteiger partial charge in [-0.2, -0.15) is 0 Å². The van der Waals surface area contributed by atoms with Crippen LogP contribution in [0.25, 0.3) is 10.2 Å². The van der Waals surface area contributed by atoms with Gasteiger partial charge in [-0.1, -0.05) is 18.7 Å². The highest BCUT2D eigenvalue weighted by molar-refractivity contribution is 8.00. The lowest BCUT2D eigenvalue weighted by atomic mass is 9.89. The number of thioether (sulfide) groups is 1. The van der Waals surface area contributed by atoms with E-state index >= 15 is 0 Å². The van der Waals surface area contributed by atoms with E-state index in [4.69, 9.17) is 4.74 Å². The second-order valence-electron chi connectivity index (χ2n) is 7.57. The van der Waals surface area contributed by atoms with Crippen molar-refractivity contribution in [3.05, 3.63) is 27.3 Å². The summed E-state index contributed by atoms with van der Waals surface area (Å²) in [5.41, 5.74) is 1.96. The van der Waals surface area contributed by atoms with Gasteiger partial charge in [0, 0.05) is 15.6 Å². The summed E-state index contributed by atoms with van der Waals surface area (Å²) in [6, 6.07) is 0. The molecule has 0 saturated carbocycles. The van der Waals surface area contributed by atoms with Crippen LogP contribution in [0.15, 0.2) is 10.4 Å². The fourth-order valence-electron chi connectivity index (χ4n) is 3.61. The van der Waals surface area contributed by atoms with Crippen molar-refractivity contribution in [2.75, 3.05) is 17.7 Å². The molecule has 1 amide bonds. The summed E-state index contributed by atoms with van der Waals surface area (Å²) < 4.78 is 4.93. The molecule has 1 N–H and O–H groups in total. The van der Waals surface area contributed by atoms with Crippen molar-refractivity contribution >= 4 is 61.7 Å². The van der Waals surface area contributed by atoms with Gasteiger partial charge in [0.25, 0.3) is 0 Å². The first-order chi connectivity index (χ1) is 14.9. The standard InChI is InChI=1S/C21H24N4O3S3/c1-4-28-17(27)8-13-9-30-21(24-13)25-16(26)10-29-19-18-14-6-5-11(2)7-15(14)31-20(18)23-12(3)22-19/h9,11H,4-8,10H2,1-3H3,(H,24,25,26). The van der Waals surface area contributed by atoms with E-state index in [1.165, 1.54) is 40.0 Å². The lowest BCUT2D eigenvalue weighted by molar-refractivity contribution is -0.142. The molecule has 31 heavy (non-hydrogen) atoms. The van der Waals surface area contributed by atoms with Gasteiger partial charge in [0.1, 0.15) is 15.7 Å². The first-order valence-electron chi connectivity index (χ1n) is 10.2. The van der Waals surface area contributed by atoms with Crippen molar-refractivity contribution in [1.82, 2.24) is 15.0 Å². The number of carbonyl (C=O) groups excluding carboxylic acids is 2. The SMILES string of the molecule is CCOC(=O)Cc1csc(NC(=O)CSc2nc(C)nc3sc4c(c23)CCC(C)C4)n1. The van der Waals surface area contributed by atoms with Gasteiger partial charge in [-0.15, -0.1) is 22.7 Å². The molecule has 0 aliphatic heterocycles. The molecule has 1 aliphatic rings. The van der Waals surface area contributed by atoms with Crippen LogP contribution < -0.4 is 5.32 Å². The monoisotopic (exact) mass is 476 g/mol. The summed E-state index contributed by atoms with van der Waals surface area (Å²) in [6.07, 6.45) is 3.42. The Bertz CT molecular complexity index is 1120. The third-order valence-electron chi connectivity index (χ3n) is 5.00. The van der Waals surface area contributed by atoms with Gasteiger partial charge in [-0.3, -0.25) is 9.59 Å². The van der Waals surface area contributed by atoms with Crippen LogP contribution in [-0.2, 0) is 33.6 Å². The number of anilines is 1. The summed E-state index contributed by atoms with van der Waals surface area (Å²) in [7, 11) is 0. The number of nitrogens with zero attached hydrogens (tertiary/aromatic N) is 3. The molecule has 1 unspecified atom stereocenters. The minimum absolute atomic E-state index is 0.106. The van der Waals surface area contributed by atoms with Crippen LogP contribution in [0, 0.1) is 12.8 Å². The van der Waals surface area contributed by atoms with Gasteiger partial charge >= 0.3 is 5.97 Å². The fraction of sp³-hybridized carbons (Fsp3) is 0.476. The molecule has 1 aliphatic carbocycles. The van der Waals surface area contributed by atoms with Crippen LogP contribution in [0.1, 0.15) is 42.2 Å². The van der Waals surface area contributed by atoms with Crippen LogP contribution in [-0.4, -0.2) is 39.2 Å². The summed E-state index contributed by atoms with van der Waals surface area (Å²) in [4.78, 5) is 40.1. The molecular formula is C21H24N4O3S3. The Hall–Kier alpha value is -2.04. The van der Waals surface area contributed by atoms with Gasteiger partial charge < -0.3 is 10.1 Å². The number of esters is 1. The molecular weight excluding hydrogens is 452 g/mol. The number of aromatic nitrogens is 3. The Morgan fingerprint density at radius 2 is 2.16 bits per heavy atom. The van der Waals surface area contributed by atoms with Crippen LogP contribution >= 0.6 is 34.4 Å². The zero-order valence-electron chi connectivity index (χ0n) is 17.7. The number of rotatable bonds is 7. The zero-order valence-corrected chi connectivity index (χ0v) is 20.1. The highest BCUT2D eigenvalue weighted by atomic mass is 32.2. The number of hydrogen-bond acceptors (Lipinski definition) is 9. The Labute approximate surface area is 193 Å². The van der Waals surface area contributed by atoms with E-state index in [1.807, 2.05) is 6.92 Å². The fourth-order valence-corrected chi connectivity index (χ4v) is 6.73. The second kappa shape index (κ2) is 9.62. The number of thiazole rings is 1. The molecule has 0 spiro atoms. The van der Waals surface area contributed by atoms with Crippen LogP contribution in [0.5, 0.6) is 0 Å². The summed E-state index contributed by atoms with van der Waals surface area (Å²) in [5, 5.41) is 7.07. The predicted octanol–water partition coefficient (Wildman–Crippen LogP) is 4.42. The van der Waals surface area contributed by atoms with E-state index in [1.54, 1.807) is 23.6 Å². The van der Waals surface area contributed by atoms with E-state index in [2.05, 4.69) is 27.2 Å². The van der Waals surface area contributed by atoms with Crippen molar-refractivity contribution in [2.45, 2.75) is 51.5 Å². The maximum atomic E-state index is 12.5. The third-order valence-corrected chi connectivity index (χ3v) is 7.93. The van der Waals surface area contributed by atoms with Crippen molar-refractivity contribution < 1.29 is 14.3 Å². The molecule has 1 atom stereocenters. The van der Waals surface area contributed by atoms with E-state index in [0.717, 1.165) is 33.9 Å². The molecule has 0 saturated heterocycles. The van der Waals surface area contributed by atoms with Gasteiger partial charge in [0.05, 0.1) is 24.5 Å². The van der Waals surface area contributed by atoms with Gasteiger partial charge in [0.15, 0.2) is 5.13 Å². The third kappa shape index (κ3) is 5.24. The van der Waals surface area contributed by atoms with E-state index in [0.29, 0.717) is 23.4 Å². The number of fused-ring (bicyclic) bond motifs is 3. The van der Waals surface area contributed by atoms with Crippen LogP contribution in [0.3, 0.4) is 0 Å². The Kier molecular flexibility index (Phi) is 6.88. The number of thiophene rings is 1. The highest BCUT2D eigenvalue weighted by Crippen LogP contribution is 2.40. The molecule has 0 bridgehead atoms. The highest BCUT2D eigenvalue weighted by Gasteiger charge is 2.24. The zero-order chi connectivity index (χ0) is 22.0. The molecule has 10 heteroatoms. The molecule has 0 aromatic carbocycles. The number of carbonyl (C=O) groups is 2. The minimum Gasteiger partial charge on any atom is -0.466 e. The summed E-state index contributed by atoms with van der Waals surface area (Å²) in [5.74, 6) is 1.19. The number of nitrogens with one attached hydrogen (secondary N) is 1. The molecule has 164 valence electrons. The van der Waals surface area contributed by atoms with E-state index in [9.17, 15) is 9.59 Å². The van der Waals surface area contributed by atoms with Crippen molar-refractivity contribution in [3.8, 4) is 0 Å². The predicted molar refractivity (Wildman–Crippen MR) is 125 cm³/mol. The Morgan fingerprint density at radius 1 is 1.32 bits per heavy atom. The summed E-state index contributed by atoms with van der Waals surface area (Å²) in [6.45, 7) is 6.29. The molecule has 4 rings (SSSR count). The largest absolute Gasteiger partial charge is 0.466 e. The molecule has 3 aromatic rings. The topological polar surface area (TPSA) is 94.1 Å². The quantitative estimate of drug-likeness (QED) is 0.306. The number of hydrogen-bond donors (Lipinski definition) is 1. The van der Waals surface area contributed by atoms with E-state index < -0.39 is 0 Å². The lowest BCUT2D eigenvalue weighted by Gasteiger charge is -2.18. The lowest BCUT2D eigenvalue weighted by Crippen LogP contribution is -2.14. The van der Waals surface area contributed by atoms with Gasteiger partial charge in [-0.25, -0.2) is 15.0 Å². The van der Waals surface area contributed by atoms with Crippen molar-refractivity contribution in [1.29, 1.82) is 0 Å². The Morgan fingerprint density at radius 3 is 2.97 bits per heavy atom. The van der Waals surface area contributed by atoms with Crippen molar-refractivity contribution in [3.63, 3.8) is 0 Å². The molecule has 7 nitrogen and oxygen atoms in total. The minimum atomic E-state index is -0.321. The number of aryl methyl sites for hydroxylation is 2. The van der Waals surface area contributed by atoms with Crippen LogP contribution in [0.2, 0.25) is 0 Å².